The number of hydrogen-bond donors (Lipinski definition) is 1. The molecule has 0 spiro atoms. The van der Waals surface area contributed by atoms with Gasteiger partial charge < -0.3 is 4.90 Å². The van der Waals surface area contributed by atoms with Crippen molar-refractivity contribution in [2.24, 2.45) is 5.92 Å². The van der Waals surface area contributed by atoms with Crippen LogP contribution in [0, 0.1) is 30.0 Å². The van der Waals surface area contributed by atoms with Crippen LogP contribution in [-0.4, -0.2) is 38.9 Å². The summed E-state index contributed by atoms with van der Waals surface area (Å²) in [5.41, 5.74) is 0.271. The third-order valence-electron chi connectivity index (χ3n) is 3.80. The maximum absolute atomic E-state index is 13.1. The van der Waals surface area contributed by atoms with Crippen molar-refractivity contribution in [1.82, 2.24) is 9.62 Å². The topological polar surface area (TPSA) is 90.3 Å². The first-order valence-corrected chi connectivity index (χ1v) is 8.75. The van der Waals surface area contributed by atoms with Gasteiger partial charge in [0.15, 0.2) is 0 Å². The highest BCUT2D eigenvalue weighted by molar-refractivity contribution is 7.89. The molecule has 1 aliphatic rings. The number of hydrogen-bond acceptors (Lipinski definition) is 4. The van der Waals surface area contributed by atoms with Gasteiger partial charge in [0.25, 0.3) is 0 Å². The Morgan fingerprint density at radius 3 is 2.91 bits per heavy atom. The molecule has 0 aromatic heterocycles. The number of nitrogens with one attached hydrogen (secondary N) is 1. The average molecular weight is 339 g/mol. The predicted molar refractivity (Wildman–Crippen MR) is 81.2 cm³/mol. The zero-order valence-electron chi connectivity index (χ0n) is 12.8. The van der Waals surface area contributed by atoms with Crippen LogP contribution in [0.25, 0.3) is 0 Å². The van der Waals surface area contributed by atoms with Crippen LogP contribution in [0.4, 0.5) is 4.39 Å². The second-order valence-corrected chi connectivity index (χ2v) is 7.28. The number of amides is 1. The van der Waals surface area contributed by atoms with Gasteiger partial charge >= 0.3 is 0 Å². The Morgan fingerprint density at radius 1 is 1.52 bits per heavy atom. The highest BCUT2D eigenvalue weighted by Gasteiger charge is 2.25. The summed E-state index contributed by atoms with van der Waals surface area (Å²) in [7, 11) is -3.89. The third-order valence-corrected chi connectivity index (χ3v) is 5.36. The number of halogens is 1. The van der Waals surface area contributed by atoms with E-state index in [-0.39, 0.29) is 28.8 Å². The second kappa shape index (κ2) is 7.06. The van der Waals surface area contributed by atoms with Gasteiger partial charge in [-0.3, -0.25) is 4.79 Å². The molecule has 0 aliphatic carbocycles. The van der Waals surface area contributed by atoms with Crippen LogP contribution in [0.5, 0.6) is 0 Å². The molecular formula is C15H18FN3O3S. The average Bonchev–Trinajstić information content (AvgIpc) is 2.52. The number of nitriles is 1. The van der Waals surface area contributed by atoms with E-state index in [1.165, 1.54) is 17.9 Å². The Bertz CT molecular complexity index is 743. The van der Waals surface area contributed by atoms with E-state index in [2.05, 4.69) is 10.8 Å². The minimum atomic E-state index is -3.89. The first kappa shape index (κ1) is 17.4. The fourth-order valence-electron chi connectivity index (χ4n) is 2.57. The molecule has 1 aromatic carbocycles. The smallest absolute Gasteiger partial charge is 0.241 e. The van der Waals surface area contributed by atoms with Gasteiger partial charge in [0, 0.05) is 13.1 Å². The van der Waals surface area contributed by atoms with Crippen LogP contribution in [0.3, 0.4) is 0 Å². The Hall–Kier alpha value is -1.98. The number of aryl methyl sites for hydroxylation is 1. The van der Waals surface area contributed by atoms with E-state index in [9.17, 15) is 17.6 Å². The summed E-state index contributed by atoms with van der Waals surface area (Å²) >= 11 is 0. The lowest BCUT2D eigenvalue weighted by Crippen LogP contribution is -2.44. The molecule has 1 fully saturated rings. The molecule has 0 unspecified atom stereocenters. The van der Waals surface area contributed by atoms with Crippen molar-refractivity contribution < 1.29 is 17.6 Å². The predicted octanol–water partition coefficient (Wildman–Crippen LogP) is 1.17. The number of piperidine rings is 1. The van der Waals surface area contributed by atoms with Crippen molar-refractivity contribution >= 4 is 15.9 Å². The van der Waals surface area contributed by atoms with Crippen LogP contribution in [0.15, 0.2) is 23.1 Å². The molecule has 1 saturated heterocycles. The second-order valence-electron chi connectivity index (χ2n) is 5.54. The van der Waals surface area contributed by atoms with E-state index in [0.717, 1.165) is 25.0 Å². The maximum Gasteiger partial charge on any atom is 0.241 e. The summed E-state index contributed by atoms with van der Waals surface area (Å²) in [5.74, 6) is -1.09. The standard InChI is InChI=1S/C15H18FN3O3S/c1-11-7-13(16)4-5-14(11)23(21,22)18-9-15(20)19-6-2-3-12(8-17)10-19/h4-5,7,12,18H,2-3,6,9-10H2,1H3/t12-/m0/s1. The highest BCUT2D eigenvalue weighted by atomic mass is 32.2. The van der Waals surface area contributed by atoms with Crippen LogP contribution in [0.1, 0.15) is 18.4 Å². The maximum atomic E-state index is 13.1. The van der Waals surface area contributed by atoms with E-state index in [0.29, 0.717) is 13.1 Å². The number of carbonyl (C=O) groups is 1. The number of carbonyl (C=O) groups excluding carboxylic acids is 1. The van der Waals surface area contributed by atoms with Crippen molar-refractivity contribution in [2.45, 2.75) is 24.7 Å². The Labute approximate surface area is 135 Å². The van der Waals surface area contributed by atoms with Gasteiger partial charge in [-0.1, -0.05) is 0 Å². The number of likely N-dealkylation sites (tertiary alicyclic amines) is 1. The Balaban J connectivity index is 2.01. The lowest BCUT2D eigenvalue weighted by Gasteiger charge is -2.29. The zero-order valence-corrected chi connectivity index (χ0v) is 13.6. The first-order valence-electron chi connectivity index (χ1n) is 7.26. The van der Waals surface area contributed by atoms with Crippen LogP contribution < -0.4 is 4.72 Å². The van der Waals surface area contributed by atoms with E-state index in [4.69, 9.17) is 5.26 Å². The third kappa shape index (κ3) is 4.27. The van der Waals surface area contributed by atoms with E-state index < -0.39 is 15.8 Å². The van der Waals surface area contributed by atoms with Gasteiger partial charge in [0.1, 0.15) is 5.82 Å². The SMILES string of the molecule is Cc1cc(F)ccc1S(=O)(=O)NCC(=O)N1CCC[C@@H](C#N)C1. The lowest BCUT2D eigenvalue weighted by molar-refractivity contribution is -0.131. The fourth-order valence-corrected chi connectivity index (χ4v) is 3.77. The Morgan fingerprint density at radius 2 is 2.26 bits per heavy atom. The summed E-state index contributed by atoms with van der Waals surface area (Å²) in [6, 6.07) is 5.49. The number of benzene rings is 1. The molecule has 2 rings (SSSR count). The summed E-state index contributed by atoms with van der Waals surface area (Å²) < 4.78 is 39.7. The van der Waals surface area contributed by atoms with Crippen molar-refractivity contribution in [2.75, 3.05) is 19.6 Å². The molecule has 124 valence electrons. The van der Waals surface area contributed by atoms with Crippen LogP contribution >= 0.6 is 0 Å². The van der Waals surface area contributed by atoms with Crippen molar-refractivity contribution in [3.05, 3.63) is 29.6 Å². The molecule has 1 atom stereocenters. The van der Waals surface area contributed by atoms with Crippen LogP contribution in [0.2, 0.25) is 0 Å². The molecule has 0 bridgehead atoms. The van der Waals surface area contributed by atoms with Crippen LogP contribution in [-0.2, 0) is 14.8 Å². The molecule has 1 heterocycles. The number of sulfonamides is 1. The van der Waals surface area contributed by atoms with Gasteiger partial charge in [-0.25, -0.2) is 17.5 Å². The molecule has 8 heteroatoms. The molecule has 6 nitrogen and oxygen atoms in total. The molecule has 1 aromatic rings. The largest absolute Gasteiger partial charge is 0.340 e. The molecular weight excluding hydrogens is 321 g/mol. The molecule has 1 amide bonds. The van der Waals surface area contributed by atoms with Crippen molar-refractivity contribution in [1.29, 1.82) is 5.26 Å². The molecule has 0 radical (unpaired) electrons. The lowest BCUT2D eigenvalue weighted by atomic mass is 10.00. The van der Waals surface area contributed by atoms with E-state index in [1.54, 1.807) is 0 Å². The van der Waals surface area contributed by atoms with Crippen molar-refractivity contribution in [3.8, 4) is 6.07 Å². The van der Waals surface area contributed by atoms with Gasteiger partial charge in [0.2, 0.25) is 15.9 Å². The normalized spacial score (nSPS) is 18.5. The quantitative estimate of drug-likeness (QED) is 0.892. The fraction of sp³-hybridized carbons (Fsp3) is 0.467. The van der Waals surface area contributed by atoms with Gasteiger partial charge in [-0.05, 0) is 43.5 Å². The molecule has 1 N–H and O–H groups in total. The number of nitrogens with zero attached hydrogens (tertiary/aromatic N) is 2. The van der Waals surface area contributed by atoms with Gasteiger partial charge in [-0.15, -0.1) is 0 Å². The highest BCUT2D eigenvalue weighted by Crippen LogP contribution is 2.17. The molecule has 0 saturated carbocycles. The number of rotatable bonds is 4. The summed E-state index contributed by atoms with van der Waals surface area (Å²) in [4.78, 5) is 13.5. The molecule has 1 aliphatic heterocycles. The summed E-state index contributed by atoms with van der Waals surface area (Å²) in [6.45, 7) is 1.96. The minimum Gasteiger partial charge on any atom is -0.340 e. The monoisotopic (exact) mass is 339 g/mol. The zero-order chi connectivity index (χ0) is 17.0. The van der Waals surface area contributed by atoms with Gasteiger partial charge in [0.05, 0.1) is 23.4 Å². The van der Waals surface area contributed by atoms with Gasteiger partial charge in [-0.2, -0.15) is 5.26 Å². The first-order chi connectivity index (χ1) is 10.8. The van der Waals surface area contributed by atoms with E-state index >= 15 is 0 Å². The molecule has 23 heavy (non-hydrogen) atoms. The van der Waals surface area contributed by atoms with E-state index in [1.807, 2.05) is 0 Å². The Kier molecular flexibility index (Phi) is 5.34. The summed E-state index contributed by atoms with van der Waals surface area (Å²) in [6.07, 6.45) is 1.48. The van der Waals surface area contributed by atoms with Crippen molar-refractivity contribution in [3.63, 3.8) is 0 Å². The summed E-state index contributed by atoms with van der Waals surface area (Å²) in [5, 5.41) is 8.92. The minimum absolute atomic E-state index is 0.0553.